The van der Waals surface area contributed by atoms with Gasteiger partial charge in [-0.2, -0.15) is 13.2 Å². The highest BCUT2D eigenvalue weighted by Crippen LogP contribution is 2.38. The molecule has 0 atom stereocenters. The van der Waals surface area contributed by atoms with E-state index in [1.54, 1.807) is 6.07 Å². The average Bonchev–Trinajstić information content (AvgIpc) is 2.47. The first-order valence-electron chi connectivity index (χ1n) is 7.68. The van der Waals surface area contributed by atoms with Gasteiger partial charge in [0.25, 0.3) is 0 Å². The average molecular weight is 300 g/mol. The van der Waals surface area contributed by atoms with E-state index in [9.17, 15) is 13.2 Å². The second-order valence-electron chi connectivity index (χ2n) is 5.57. The molecule has 0 spiro atoms. The molecule has 1 aliphatic heterocycles. The summed E-state index contributed by atoms with van der Waals surface area (Å²) in [6, 6.07) is 4.74. The van der Waals surface area contributed by atoms with Crippen LogP contribution in [-0.2, 0) is 12.7 Å². The Balaban J connectivity index is 2.23. The third-order valence-electron chi connectivity index (χ3n) is 3.82. The molecule has 1 saturated heterocycles. The van der Waals surface area contributed by atoms with E-state index in [0.29, 0.717) is 17.8 Å². The number of nitrogens with zero attached hydrogens (tertiary/aromatic N) is 1. The third-order valence-corrected chi connectivity index (χ3v) is 3.82. The standard InChI is InChI=1S/C16H23F3N2/c1-2-8-20-12-13-6-7-15(14(11-13)16(17,18)19)21-9-4-3-5-10-21/h6-7,11,20H,2-5,8-10,12H2,1H3. The predicted octanol–water partition coefficient (Wildman–Crippen LogP) is 4.20. The lowest BCUT2D eigenvalue weighted by molar-refractivity contribution is -0.137. The van der Waals surface area contributed by atoms with Gasteiger partial charge in [-0.3, -0.25) is 0 Å². The number of hydrogen-bond donors (Lipinski definition) is 1. The molecule has 1 fully saturated rings. The van der Waals surface area contributed by atoms with Gasteiger partial charge in [0.2, 0.25) is 0 Å². The molecular weight excluding hydrogens is 277 g/mol. The number of rotatable bonds is 5. The van der Waals surface area contributed by atoms with Gasteiger partial charge in [-0.1, -0.05) is 13.0 Å². The van der Waals surface area contributed by atoms with Crippen molar-refractivity contribution in [1.29, 1.82) is 0 Å². The van der Waals surface area contributed by atoms with Crippen LogP contribution >= 0.6 is 0 Å². The minimum Gasteiger partial charge on any atom is -0.371 e. The summed E-state index contributed by atoms with van der Waals surface area (Å²) in [5.74, 6) is 0. The summed E-state index contributed by atoms with van der Waals surface area (Å²) in [7, 11) is 0. The number of nitrogens with one attached hydrogen (secondary N) is 1. The van der Waals surface area contributed by atoms with Crippen LogP contribution in [0.15, 0.2) is 18.2 Å². The van der Waals surface area contributed by atoms with Gasteiger partial charge < -0.3 is 10.2 Å². The number of anilines is 1. The monoisotopic (exact) mass is 300 g/mol. The molecule has 2 nitrogen and oxygen atoms in total. The summed E-state index contributed by atoms with van der Waals surface area (Å²) in [6.07, 6.45) is -0.281. The molecule has 0 aliphatic carbocycles. The van der Waals surface area contributed by atoms with E-state index in [1.807, 2.05) is 17.9 Å². The molecule has 118 valence electrons. The summed E-state index contributed by atoms with van der Waals surface area (Å²) in [4.78, 5) is 1.87. The number of halogens is 3. The highest BCUT2D eigenvalue weighted by Gasteiger charge is 2.35. The normalized spacial score (nSPS) is 16.3. The first-order valence-corrected chi connectivity index (χ1v) is 7.68. The fourth-order valence-electron chi connectivity index (χ4n) is 2.74. The Kier molecular flexibility index (Phi) is 5.51. The predicted molar refractivity (Wildman–Crippen MR) is 79.5 cm³/mol. The zero-order chi connectivity index (χ0) is 15.3. The Bertz CT molecular complexity index is 451. The van der Waals surface area contributed by atoms with E-state index in [-0.39, 0.29) is 0 Å². The fraction of sp³-hybridized carbons (Fsp3) is 0.625. The van der Waals surface area contributed by atoms with Crippen molar-refractivity contribution in [3.63, 3.8) is 0 Å². The van der Waals surface area contributed by atoms with Crippen molar-refractivity contribution in [2.24, 2.45) is 0 Å². The van der Waals surface area contributed by atoms with Crippen molar-refractivity contribution >= 4 is 5.69 Å². The van der Waals surface area contributed by atoms with Gasteiger partial charge in [-0.25, -0.2) is 0 Å². The highest BCUT2D eigenvalue weighted by molar-refractivity contribution is 5.56. The lowest BCUT2D eigenvalue weighted by Gasteiger charge is -2.31. The van der Waals surface area contributed by atoms with E-state index >= 15 is 0 Å². The molecule has 1 N–H and O–H groups in total. The Morgan fingerprint density at radius 2 is 1.86 bits per heavy atom. The Labute approximate surface area is 124 Å². The zero-order valence-electron chi connectivity index (χ0n) is 12.5. The molecule has 0 amide bonds. The van der Waals surface area contributed by atoms with Crippen LogP contribution in [0.2, 0.25) is 0 Å². The van der Waals surface area contributed by atoms with E-state index in [0.717, 1.165) is 45.3 Å². The van der Waals surface area contributed by atoms with Crippen LogP contribution in [0.25, 0.3) is 0 Å². The molecule has 1 aromatic carbocycles. The number of alkyl halides is 3. The molecule has 0 radical (unpaired) electrons. The van der Waals surface area contributed by atoms with Crippen molar-refractivity contribution in [3.05, 3.63) is 29.3 Å². The zero-order valence-corrected chi connectivity index (χ0v) is 12.5. The lowest BCUT2D eigenvalue weighted by atomic mass is 10.0. The summed E-state index contributed by atoms with van der Waals surface area (Å²) in [6.45, 7) is 4.77. The number of benzene rings is 1. The minimum absolute atomic E-state index is 0.335. The van der Waals surface area contributed by atoms with Crippen molar-refractivity contribution in [3.8, 4) is 0 Å². The van der Waals surface area contributed by atoms with Crippen LogP contribution in [0.4, 0.5) is 18.9 Å². The van der Waals surface area contributed by atoms with Gasteiger partial charge in [-0.15, -0.1) is 0 Å². The largest absolute Gasteiger partial charge is 0.418 e. The number of hydrogen-bond acceptors (Lipinski definition) is 2. The van der Waals surface area contributed by atoms with Crippen molar-refractivity contribution in [1.82, 2.24) is 5.32 Å². The quantitative estimate of drug-likeness (QED) is 0.820. The summed E-state index contributed by atoms with van der Waals surface area (Å²) in [5.41, 5.74) is 0.526. The van der Waals surface area contributed by atoms with Gasteiger partial charge in [0.15, 0.2) is 0 Å². The second-order valence-corrected chi connectivity index (χ2v) is 5.57. The minimum atomic E-state index is -4.30. The fourth-order valence-corrected chi connectivity index (χ4v) is 2.74. The first kappa shape index (κ1) is 16.1. The lowest BCUT2D eigenvalue weighted by Crippen LogP contribution is -2.31. The second kappa shape index (κ2) is 7.16. The molecule has 0 saturated carbocycles. The van der Waals surface area contributed by atoms with Crippen LogP contribution in [0, 0.1) is 0 Å². The maximum absolute atomic E-state index is 13.3. The summed E-state index contributed by atoms with van der Waals surface area (Å²) < 4.78 is 40.0. The van der Waals surface area contributed by atoms with Crippen LogP contribution in [-0.4, -0.2) is 19.6 Å². The topological polar surface area (TPSA) is 15.3 Å². The van der Waals surface area contributed by atoms with Gasteiger partial charge in [0.1, 0.15) is 0 Å². The molecule has 1 heterocycles. The van der Waals surface area contributed by atoms with E-state index in [4.69, 9.17) is 0 Å². The first-order chi connectivity index (χ1) is 10.0. The molecule has 0 unspecified atom stereocenters. The van der Waals surface area contributed by atoms with Crippen LogP contribution in [0.1, 0.15) is 43.7 Å². The third kappa shape index (κ3) is 4.37. The maximum Gasteiger partial charge on any atom is 0.418 e. The van der Waals surface area contributed by atoms with Crippen LogP contribution < -0.4 is 10.2 Å². The Morgan fingerprint density at radius 3 is 2.48 bits per heavy atom. The maximum atomic E-state index is 13.3. The van der Waals surface area contributed by atoms with Gasteiger partial charge in [0.05, 0.1) is 5.56 Å². The van der Waals surface area contributed by atoms with Crippen molar-refractivity contribution < 1.29 is 13.2 Å². The van der Waals surface area contributed by atoms with Gasteiger partial charge in [0, 0.05) is 25.3 Å². The Hall–Kier alpha value is -1.23. The van der Waals surface area contributed by atoms with Crippen LogP contribution in [0.3, 0.4) is 0 Å². The van der Waals surface area contributed by atoms with Crippen LogP contribution in [0.5, 0.6) is 0 Å². The SMILES string of the molecule is CCCNCc1ccc(N2CCCCC2)c(C(F)(F)F)c1. The Morgan fingerprint density at radius 1 is 1.14 bits per heavy atom. The van der Waals surface area contributed by atoms with E-state index < -0.39 is 11.7 Å². The summed E-state index contributed by atoms with van der Waals surface area (Å²) >= 11 is 0. The molecule has 2 rings (SSSR count). The molecular formula is C16H23F3N2. The number of piperidine rings is 1. The highest BCUT2D eigenvalue weighted by atomic mass is 19.4. The molecule has 1 aromatic rings. The van der Waals surface area contributed by atoms with Crippen molar-refractivity contribution in [2.75, 3.05) is 24.5 Å². The molecule has 0 aromatic heterocycles. The molecule has 21 heavy (non-hydrogen) atoms. The molecule has 0 bridgehead atoms. The van der Waals surface area contributed by atoms with Gasteiger partial charge >= 0.3 is 6.18 Å². The van der Waals surface area contributed by atoms with Gasteiger partial charge in [-0.05, 0) is 49.9 Å². The smallest absolute Gasteiger partial charge is 0.371 e. The van der Waals surface area contributed by atoms with E-state index in [2.05, 4.69) is 5.32 Å². The van der Waals surface area contributed by atoms with E-state index in [1.165, 1.54) is 6.07 Å². The summed E-state index contributed by atoms with van der Waals surface area (Å²) in [5, 5.41) is 3.15. The molecule has 1 aliphatic rings. The van der Waals surface area contributed by atoms with Crippen molar-refractivity contribution in [2.45, 2.75) is 45.3 Å². The molecule has 5 heteroatoms.